The van der Waals surface area contributed by atoms with Crippen LogP contribution in [0.4, 0.5) is 0 Å². The molecule has 540 valence electrons. The molecule has 0 rings (SSSR count). The number of aliphatic hydroxyl groups excluding tert-OH is 1. The zero-order chi connectivity index (χ0) is 67.0. The molecule has 0 radical (unpaired) electrons. The van der Waals surface area contributed by atoms with Gasteiger partial charge in [0.15, 0.2) is 12.2 Å². The van der Waals surface area contributed by atoms with Gasteiger partial charge in [-0.05, 0) is 31.6 Å². The zero-order valence-electron chi connectivity index (χ0n) is 59.0. The second-order valence-electron chi connectivity index (χ2n) is 26.5. The molecule has 0 aromatic carbocycles. The highest BCUT2D eigenvalue weighted by Gasteiger charge is 2.30. The van der Waals surface area contributed by atoms with Crippen molar-refractivity contribution in [1.82, 2.24) is 0 Å². The third-order valence-electron chi connectivity index (χ3n) is 16.8. The van der Waals surface area contributed by atoms with Crippen LogP contribution < -0.4 is 0 Å². The van der Waals surface area contributed by atoms with Crippen LogP contribution in [-0.2, 0) is 65.4 Å². The van der Waals surface area contributed by atoms with E-state index in [0.29, 0.717) is 25.7 Å². The van der Waals surface area contributed by atoms with E-state index in [2.05, 4.69) is 34.6 Å². The molecular formula is C72H140O17P2. The van der Waals surface area contributed by atoms with Crippen LogP contribution in [0.25, 0.3) is 0 Å². The Balaban J connectivity index is 5.12. The van der Waals surface area contributed by atoms with Crippen molar-refractivity contribution in [1.29, 1.82) is 0 Å². The van der Waals surface area contributed by atoms with Gasteiger partial charge in [0.05, 0.1) is 26.4 Å². The number of esters is 4. The average Bonchev–Trinajstić information content (AvgIpc) is 3.67. The van der Waals surface area contributed by atoms with Gasteiger partial charge in [-0.2, -0.15) is 0 Å². The van der Waals surface area contributed by atoms with Crippen LogP contribution in [0, 0.1) is 5.92 Å². The number of phosphoric ester groups is 2. The fourth-order valence-corrected chi connectivity index (χ4v) is 12.6. The van der Waals surface area contributed by atoms with E-state index in [1.807, 2.05) is 0 Å². The van der Waals surface area contributed by atoms with E-state index in [0.717, 1.165) is 102 Å². The number of phosphoric acid groups is 2. The minimum Gasteiger partial charge on any atom is -0.462 e. The Kier molecular flexibility index (Phi) is 64.0. The molecule has 0 saturated carbocycles. The van der Waals surface area contributed by atoms with Crippen molar-refractivity contribution < 1.29 is 80.2 Å². The first kappa shape index (κ1) is 89.1. The monoisotopic (exact) mass is 1340 g/mol. The minimum absolute atomic E-state index is 0.106. The summed E-state index contributed by atoms with van der Waals surface area (Å²) in [6, 6.07) is 0. The highest BCUT2D eigenvalue weighted by Crippen LogP contribution is 2.45. The summed E-state index contributed by atoms with van der Waals surface area (Å²) in [4.78, 5) is 72.3. The highest BCUT2D eigenvalue weighted by atomic mass is 31.2. The fourth-order valence-electron chi connectivity index (χ4n) is 11.0. The van der Waals surface area contributed by atoms with Crippen LogP contribution in [0.15, 0.2) is 0 Å². The lowest BCUT2D eigenvalue weighted by atomic mass is 10.0. The maximum Gasteiger partial charge on any atom is 0.472 e. The smallest absolute Gasteiger partial charge is 0.462 e. The largest absolute Gasteiger partial charge is 0.472 e. The van der Waals surface area contributed by atoms with Crippen molar-refractivity contribution >= 4 is 39.5 Å². The van der Waals surface area contributed by atoms with Crippen molar-refractivity contribution in [3.05, 3.63) is 0 Å². The van der Waals surface area contributed by atoms with Crippen LogP contribution in [0.5, 0.6) is 0 Å². The first-order valence-corrected chi connectivity index (χ1v) is 40.6. The summed E-state index contributed by atoms with van der Waals surface area (Å²) in [6.45, 7) is 7.18. The van der Waals surface area contributed by atoms with Crippen molar-refractivity contribution in [2.45, 2.75) is 393 Å². The number of aliphatic hydroxyl groups is 1. The molecule has 0 fully saturated rings. The molecule has 91 heavy (non-hydrogen) atoms. The van der Waals surface area contributed by atoms with Gasteiger partial charge in [-0.1, -0.05) is 324 Å². The Hall–Kier alpha value is -1.94. The van der Waals surface area contributed by atoms with E-state index in [1.165, 1.54) is 193 Å². The van der Waals surface area contributed by atoms with E-state index in [1.54, 1.807) is 0 Å². The van der Waals surface area contributed by atoms with Crippen molar-refractivity contribution in [2.75, 3.05) is 39.6 Å². The zero-order valence-corrected chi connectivity index (χ0v) is 60.8. The Morgan fingerprint density at radius 2 is 0.505 bits per heavy atom. The SMILES string of the molecule is CCCCCCCCCCCCCCCCCCCCCCC(=O)O[C@H](COC(=O)CCCCCCCCCCCCCCCC(C)C)COP(=O)(O)OC[C@@H](O)COP(=O)(O)OC[C@@H](COC(=O)CCCCCCC)OC(=O)CCCCCCCCCCCC. The molecule has 0 aliphatic heterocycles. The fraction of sp³-hybridized carbons (Fsp3) is 0.944. The molecule has 0 aromatic heterocycles. The van der Waals surface area contributed by atoms with Crippen LogP contribution in [-0.4, -0.2) is 96.7 Å². The molecule has 19 heteroatoms. The number of carbonyl (C=O) groups is 4. The summed E-state index contributed by atoms with van der Waals surface area (Å²) in [7, 11) is -9.89. The molecule has 0 amide bonds. The third-order valence-corrected chi connectivity index (χ3v) is 18.7. The van der Waals surface area contributed by atoms with Crippen molar-refractivity contribution in [3.63, 3.8) is 0 Å². The van der Waals surface area contributed by atoms with Crippen LogP contribution >= 0.6 is 15.6 Å². The van der Waals surface area contributed by atoms with E-state index in [9.17, 15) is 43.2 Å². The normalized spacial score (nSPS) is 14.0. The van der Waals surface area contributed by atoms with E-state index in [-0.39, 0.29) is 25.7 Å². The molecular weight excluding hydrogens is 1200 g/mol. The van der Waals surface area contributed by atoms with Gasteiger partial charge in [0.2, 0.25) is 0 Å². The second kappa shape index (κ2) is 65.4. The molecule has 5 atom stereocenters. The second-order valence-corrected chi connectivity index (χ2v) is 29.4. The molecule has 0 aliphatic carbocycles. The first-order valence-electron chi connectivity index (χ1n) is 37.6. The van der Waals surface area contributed by atoms with Crippen LogP contribution in [0.3, 0.4) is 0 Å². The Morgan fingerprint density at radius 3 is 0.747 bits per heavy atom. The van der Waals surface area contributed by atoms with E-state index >= 15 is 0 Å². The lowest BCUT2D eigenvalue weighted by Gasteiger charge is -2.21. The molecule has 0 spiro atoms. The summed E-state index contributed by atoms with van der Waals surface area (Å²) in [5, 5.41) is 10.6. The van der Waals surface area contributed by atoms with Gasteiger partial charge in [0, 0.05) is 25.7 Å². The summed E-state index contributed by atoms with van der Waals surface area (Å²) in [5.74, 6) is -1.34. The Morgan fingerprint density at radius 1 is 0.297 bits per heavy atom. The molecule has 0 aliphatic rings. The number of unbranched alkanes of at least 4 members (excludes halogenated alkanes) is 44. The Labute approximate surface area is 556 Å². The van der Waals surface area contributed by atoms with Crippen LogP contribution in [0.1, 0.15) is 375 Å². The van der Waals surface area contributed by atoms with Crippen molar-refractivity contribution in [3.8, 4) is 0 Å². The van der Waals surface area contributed by atoms with Gasteiger partial charge in [0.1, 0.15) is 19.3 Å². The van der Waals surface area contributed by atoms with Gasteiger partial charge in [0.25, 0.3) is 0 Å². The number of ether oxygens (including phenoxy) is 4. The number of rotatable bonds is 72. The molecule has 0 saturated heterocycles. The molecule has 17 nitrogen and oxygen atoms in total. The molecule has 3 N–H and O–H groups in total. The quantitative estimate of drug-likeness (QED) is 0.0222. The highest BCUT2D eigenvalue weighted by molar-refractivity contribution is 7.47. The van der Waals surface area contributed by atoms with Crippen molar-refractivity contribution in [2.24, 2.45) is 5.92 Å². The van der Waals surface area contributed by atoms with Gasteiger partial charge in [-0.3, -0.25) is 37.3 Å². The number of carbonyl (C=O) groups excluding carboxylic acids is 4. The molecule has 2 unspecified atom stereocenters. The lowest BCUT2D eigenvalue weighted by molar-refractivity contribution is -0.161. The number of hydrogen-bond donors (Lipinski definition) is 3. The Bertz CT molecular complexity index is 1750. The predicted molar refractivity (Wildman–Crippen MR) is 368 cm³/mol. The minimum atomic E-state index is -4.95. The standard InChI is InChI=1S/C72H140O17P2/c1-6-9-12-15-17-19-21-22-23-24-25-26-27-28-31-35-39-43-48-53-58-72(77)89-68(62-83-70(75)56-51-46-41-38-34-32-29-30-33-36-40-45-49-54-65(4)5)64-87-91(80,81)85-60-66(73)59-84-90(78,79)86-63-67(61-82-69(74)55-50-44-14-11-8-3)88-71(76)57-52-47-42-37-20-18-16-13-10-7-2/h65-68,73H,6-64H2,1-5H3,(H,78,79)(H,80,81)/t66-,67+,68+/m0/s1. The summed E-state index contributed by atoms with van der Waals surface area (Å²) in [6.07, 6.45) is 53.2. The summed E-state index contributed by atoms with van der Waals surface area (Å²) in [5.41, 5.74) is 0. The van der Waals surface area contributed by atoms with Gasteiger partial charge >= 0.3 is 39.5 Å². The molecule has 0 heterocycles. The molecule has 0 aromatic rings. The van der Waals surface area contributed by atoms with Gasteiger partial charge in [-0.15, -0.1) is 0 Å². The lowest BCUT2D eigenvalue weighted by Crippen LogP contribution is -2.30. The van der Waals surface area contributed by atoms with E-state index in [4.69, 9.17) is 37.0 Å². The summed E-state index contributed by atoms with van der Waals surface area (Å²) < 4.78 is 68.1. The van der Waals surface area contributed by atoms with E-state index < -0.39 is 97.5 Å². The van der Waals surface area contributed by atoms with Crippen LogP contribution in [0.2, 0.25) is 0 Å². The summed E-state index contributed by atoms with van der Waals surface area (Å²) >= 11 is 0. The molecule has 0 bridgehead atoms. The number of hydrogen-bond acceptors (Lipinski definition) is 15. The van der Waals surface area contributed by atoms with Gasteiger partial charge < -0.3 is 33.8 Å². The topological polar surface area (TPSA) is 237 Å². The maximum atomic E-state index is 13.1. The first-order chi connectivity index (χ1) is 44.0. The maximum absolute atomic E-state index is 13.1. The average molecular weight is 1340 g/mol. The third kappa shape index (κ3) is 66.5. The van der Waals surface area contributed by atoms with Gasteiger partial charge in [-0.25, -0.2) is 9.13 Å². The predicted octanol–water partition coefficient (Wildman–Crippen LogP) is 20.9.